The smallest absolute Gasteiger partial charge is 0.246 e. The van der Waals surface area contributed by atoms with E-state index >= 15 is 0 Å². The van der Waals surface area contributed by atoms with E-state index in [1.54, 1.807) is 0 Å². The lowest BCUT2D eigenvalue weighted by Gasteiger charge is -2.06. The summed E-state index contributed by atoms with van der Waals surface area (Å²) < 4.78 is 30.8. The third-order valence-corrected chi connectivity index (χ3v) is 1.98. The highest BCUT2D eigenvalue weighted by Crippen LogP contribution is 2.08. The van der Waals surface area contributed by atoms with Gasteiger partial charge in [0, 0.05) is 18.7 Å². The SMILES string of the molecule is NCCOCC(=O)NCc1cc(F)ccc1F. The van der Waals surface area contributed by atoms with Crippen LogP contribution in [0.15, 0.2) is 18.2 Å². The third kappa shape index (κ3) is 4.88. The van der Waals surface area contributed by atoms with E-state index in [2.05, 4.69) is 5.32 Å². The first-order chi connectivity index (χ1) is 8.13. The molecule has 0 bridgehead atoms. The number of nitrogens with one attached hydrogen (secondary N) is 1. The molecule has 0 aliphatic carbocycles. The number of hydrogen-bond donors (Lipinski definition) is 2. The van der Waals surface area contributed by atoms with Gasteiger partial charge in [-0.05, 0) is 18.2 Å². The molecule has 0 atom stereocenters. The molecule has 0 unspecified atom stereocenters. The van der Waals surface area contributed by atoms with Gasteiger partial charge in [0.25, 0.3) is 0 Å². The molecule has 0 aliphatic heterocycles. The molecular weight excluding hydrogens is 230 g/mol. The molecule has 0 fully saturated rings. The number of halogens is 2. The van der Waals surface area contributed by atoms with E-state index in [0.717, 1.165) is 18.2 Å². The molecule has 1 amide bonds. The average molecular weight is 244 g/mol. The zero-order valence-corrected chi connectivity index (χ0v) is 9.21. The van der Waals surface area contributed by atoms with E-state index in [9.17, 15) is 13.6 Å². The summed E-state index contributed by atoms with van der Waals surface area (Å²) in [6.07, 6.45) is 0. The Balaban J connectivity index is 2.39. The van der Waals surface area contributed by atoms with Gasteiger partial charge in [-0.3, -0.25) is 4.79 Å². The summed E-state index contributed by atoms with van der Waals surface area (Å²) in [6, 6.07) is 3.07. The molecule has 4 nitrogen and oxygen atoms in total. The van der Waals surface area contributed by atoms with Gasteiger partial charge in [0.15, 0.2) is 0 Å². The molecule has 94 valence electrons. The van der Waals surface area contributed by atoms with Crippen LogP contribution in [0.5, 0.6) is 0 Å². The Morgan fingerprint density at radius 2 is 2.18 bits per heavy atom. The van der Waals surface area contributed by atoms with Gasteiger partial charge in [-0.1, -0.05) is 0 Å². The lowest BCUT2D eigenvalue weighted by atomic mass is 10.2. The number of hydrogen-bond acceptors (Lipinski definition) is 3. The van der Waals surface area contributed by atoms with E-state index in [1.807, 2.05) is 0 Å². The molecule has 17 heavy (non-hydrogen) atoms. The van der Waals surface area contributed by atoms with Crippen molar-refractivity contribution in [1.82, 2.24) is 5.32 Å². The highest BCUT2D eigenvalue weighted by atomic mass is 19.1. The molecule has 0 heterocycles. The van der Waals surface area contributed by atoms with Crippen molar-refractivity contribution >= 4 is 5.91 Å². The minimum Gasteiger partial charge on any atom is -0.370 e. The molecule has 0 aliphatic rings. The summed E-state index contributed by atoms with van der Waals surface area (Å²) in [6.45, 7) is 0.385. The van der Waals surface area contributed by atoms with Crippen molar-refractivity contribution in [1.29, 1.82) is 0 Å². The van der Waals surface area contributed by atoms with Gasteiger partial charge in [0.1, 0.15) is 18.2 Å². The fourth-order valence-corrected chi connectivity index (χ4v) is 1.17. The summed E-state index contributed by atoms with van der Waals surface area (Å²) in [5.41, 5.74) is 5.26. The van der Waals surface area contributed by atoms with Crippen molar-refractivity contribution in [2.24, 2.45) is 5.73 Å². The first kappa shape index (κ1) is 13.5. The number of carbonyl (C=O) groups excluding carboxylic acids is 1. The van der Waals surface area contributed by atoms with E-state index < -0.39 is 17.5 Å². The van der Waals surface area contributed by atoms with Crippen LogP contribution >= 0.6 is 0 Å². The molecule has 6 heteroatoms. The number of ether oxygens (including phenoxy) is 1. The molecule has 0 saturated heterocycles. The van der Waals surface area contributed by atoms with Gasteiger partial charge in [0.2, 0.25) is 5.91 Å². The van der Waals surface area contributed by atoms with Crippen molar-refractivity contribution < 1.29 is 18.3 Å². The molecule has 0 aromatic heterocycles. The molecule has 3 N–H and O–H groups in total. The number of amides is 1. The number of rotatable bonds is 6. The molecular formula is C11H14F2N2O2. The zero-order chi connectivity index (χ0) is 12.7. The van der Waals surface area contributed by atoms with Crippen molar-refractivity contribution in [2.75, 3.05) is 19.8 Å². The van der Waals surface area contributed by atoms with E-state index in [1.165, 1.54) is 0 Å². The van der Waals surface area contributed by atoms with Crippen LogP contribution in [0.3, 0.4) is 0 Å². The highest BCUT2D eigenvalue weighted by Gasteiger charge is 2.06. The number of carbonyl (C=O) groups is 1. The predicted octanol–water partition coefficient (Wildman–Crippen LogP) is 0.556. The second-order valence-electron chi connectivity index (χ2n) is 3.35. The highest BCUT2D eigenvalue weighted by molar-refractivity contribution is 5.77. The first-order valence-electron chi connectivity index (χ1n) is 5.12. The van der Waals surface area contributed by atoms with Crippen LogP contribution in [0, 0.1) is 11.6 Å². The van der Waals surface area contributed by atoms with Crippen LogP contribution in [-0.2, 0) is 16.1 Å². The van der Waals surface area contributed by atoms with Crippen molar-refractivity contribution in [3.05, 3.63) is 35.4 Å². The van der Waals surface area contributed by atoms with Gasteiger partial charge in [0.05, 0.1) is 6.61 Å². The van der Waals surface area contributed by atoms with Gasteiger partial charge >= 0.3 is 0 Å². The standard InChI is InChI=1S/C11H14F2N2O2/c12-9-1-2-10(13)8(5-9)6-15-11(16)7-17-4-3-14/h1-2,5H,3-4,6-7,14H2,(H,15,16). The second kappa shape index (κ2) is 6.93. The molecule has 0 spiro atoms. The molecule has 0 radical (unpaired) electrons. The quantitative estimate of drug-likeness (QED) is 0.718. The van der Waals surface area contributed by atoms with E-state index in [-0.39, 0.29) is 25.3 Å². The van der Waals surface area contributed by atoms with Crippen LogP contribution in [0.1, 0.15) is 5.56 Å². The Labute approximate surface area is 97.8 Å². The maximum atomic E-state index is 13.2. The lowest BCUT2D eigenvalue weighted by molar-refractivity contribution is -0.125. The van der Waals surface area contributed by atoms with Gasteiger partial charge in [-0.2, -0.15) is 0 Å². The van der Waals surface area contributed by atoms with Crippen LogP contribution in [0.25, 0.3) is 0 Å². The Hall–Kier alpha value is -1.53. The maximum Gasteiger partial charge on any atom is 0.246 e. The van der Waals surface area contributed by atoms with Gasteiger partial charge in [-0.15, -0.1) is 0 Å². The predicted molar refractivity (Wildman–Crippen MR) is 58.1 cm³/mol. The average Bonchev–Trinajstić information content (AvgIpc) is 2.31. The van der Waals surface area contributed by atoms with Gasteiger partial charge in [-0.25, -0.2) is 8.78 Å². The van der Waals surface area contributed by atoms with E-state index in [0.29, 0.717) is 6.54 Å². The fourth-order valence-electron chi connectivity index (χ4n) is 1.17. The lowest BCUT2D eigenvalue weighted by Crippen LogP contribution is -2.28. The van der Waals surface area contributed by atoms with Crippen LogP contribution < -0.4 is 11.1 Å². The Bertz CT molecular complexity index is 386. The molecule has 1 rings (SSSR count). The van der Waals surface area contributed by atoms with Crippen LogP contribution in [0.2, 0.25) is 0 Å². The van der Waals surface area contributed by atoms with E-state index in [4.69, 9.17) is 10.5 Å². The molecule has 1 aromatic rings. The van der Waals surface area contributed by atoms with Crippen molar-refractivity contribution in [3.63, 3.8) is 0 Å². The maximum absolute atomic E-state index is 13.2. The summed E-state index contributed by atoms with van der Waals surface area (Å²) in [5.74, 6) is -1.51. The minimum atomic E-state index is -0.561. The summed E-state index contributed by atoms with van der Waals surface area (Å²) in [5, 5.41) is 2.41. The van der Waals surface area contributed by atoms with Crippen molar-refractivity contribution in [2.45, 2.75) is 6.54 Å². The summed E-state index contributed by atoms with van der Waals surface area (Å²) >= 11 is 0. The zero-order valence-electron chi connectivity index (χ0n) is 9.21. The molecule has 0 saturated carbocycles. The largest absolute Gasteiger partial charge is 0.370 e. The third-order valence-electron chi connectivity index (χ3n) is 1.98. The monoisotopic (exact) mass is 244 g/mol. The summed E-state index contributed by atoms with van der Waals surface area (Å²) in [4.78, 5) is 11.2. The Kier molecular flexibility index (Phi) is 5.51. The van der Waals surface area contributed by atoms with Crippen molar-refractivity contribution in [3.8, 4) is 0 Å². The summed E-state index contributed by atoms with van der Waals surface area (Å²) in [7, 11) is 0. The Morgan fingerprint density at radius 3 is 2.88 bits per heavy atom. The number of nitrogens with two attached hydrogens (primary N) is 1. The molecule has 1 aromatic carbocycles. The van der Waals surface area contributed by atoms with Crippen LogP contribution in [0.4, 0.5) is 8.78 Å². The normalized spacial score (nSPS) is 10.3. The van der Waals surface area contributed by atoms with Gasteiger partial charge < -0.3 is 15.8 Å². The number of benzene rings is 1. The van der Waals surface area contributed by atoms with Crippen LogP contribution in [-0.4, -0.2) is 25.7 Å². The topological polar surface area (TPSA) is 64.3 Å². The second-order valence-corrected chi connectivity index (χ2v) is 3.35. The Morgan fingerprint density at radius 1 is 1.41 bits per heavy atom. The first-order valence-corrected chi connectivity index (χ1v) is 5.12. The minimum absolute atomic E-state index is 0.0750. The fraction of sp³-hybridized carbons (Fsp3) is 0.364.